The molecular weight excluding hydrogens is 440 g/mol. The van der Waals surface area contributed by atoms with E-state index < -0.39 is 0 Å². The lowest BCUT2D eigenvalue weighted by molar-refractivity contribution is 0.249. The Morgan fingerprint density at radius 1 is 1.03 bits per heavy atom. The molecule has 1 aromatic heterocycles. The van der Waals surface area contributed by atoms with Crippen LogP contribution < -0.4 is 16.1 Å². The zero-order valence-electron chi connectivity index (χ0n) is 17.6. The van der Waals surface area contributed by atoms with E-state index in [9.17, 15) is 0 Å². The number of hydrogen-bond acceptors (Lipinski definition) is 5. The summed E-state index contributed by atoms with van der Waals surface area (Å²) in [4.78, 5) is 9.49. The van der Waals surface area contributed by atoms with Crippen molar-refractivity contribution in [3.05, 3.63) is 83.0 Å². The van der Waals surface area contributed by atoms with Crippen molar-refractivity contribution < 1.29 is 0 Å². The van der Waals surface area contributed by atoms with Crippen LogP contribution in [0.2, 0.25) is 5.02 Å². The molecule has 6 nitrogen and oxygen atoms in total. The van der Waals surface area contributed by atoms with Crippen LogP contribution in [0, 0.1) is 0 Å². The van der Waals surface area contributed by atoms with E-state index in [0.29, 0.717) is 0 Å². The van der Waals surface area contributed by atoms with Crippen molar-refractivity contribution in [2.45, 2.75) is 6.54 Å². The van der Waals surface area contributed by atoms with Crippen molar-refractivity contribution in [3.8, 4) is 11.1 Å². The molecule has 32 heavy (non-hydrogen) atoms. The Bertz CT molecular complexity index is 1080. The van der Waals surface area contributed by atoms with Gasteiger partial charge < -0.3 is 10.6 Å². The molecule has 3 aromatic rings. The van der Waals surface area contributed by atoms with Crippen LogP contribution in [0.25, 0.3) is 11.1 Å². The van der Waals surface area contributed by atoms with Crippen molar-refractivity contribution in [1.29, 1.82) is 0 Å². The number of halogens is 1. The largest absolute Gasteiger partial charge is 0.375 e. The van der Waals surface area contributed by atoms with Gasteiger partial charge in [0.2, 0.25) is 0 Å². The second kappa shape index (κ2) is 10.5. The van der Waals surface area contributed by atoms with Crippen molar-refractivity contribution >= 4 is 41.0 Å². The van der Waals surface area contributed by atoms with Gasteiger partial charge in [0.1, 0.15) is 5.82 Å². The molecule has 0 aliphatic carbocycles. The van der Waals surface area contributed by atoms with Crippen LogP contribution in [0.3, 0.4) is 0 Å². The minimum atomic E-state index is 0.144. The summed E-state index contributed by atoms with van der Waals surface area (Å²) in [5, 5.41) is 4.95. The smallest absolute Gasteiger partial charge is 0.184 e. The SMILES string of the molecule is NC(=S)N/N=C/c1ccc(-c2ccc(N3CCN(Cc4ccccc4Cl)CC3)nc2)cc1. The average Bonchev–Trinajstić information content (AvgIpc) is 2.81. The van der Waals surface area contributed by atoms with Gasteiger partial charge in [-0.1, -0.05) is 54.1 Å². The van der Waals surface area contributed by atoms with Gasteiger partial charge in [-0.15, -0.1) is 0 Å². The van der Waals surface area contributed by atoms with Crippen molar-refractivity contribution in [1.82, 2.24) is 15.3 Å². The van der Waals surface area contributed by atoms with E-state index in [1.54, 1.807) is 6.21 Å². The number of anilines is 1. The number of nitrogens with one attached hydrogen (secondary N) is 1. The lowest BCUT2D eigenvalue weighted by Gasteiger charge is -2.35. The molecule has 1 fully saturated rings. The second-order valence-electron chi connectivity index (χ2n) is 7.62. The first-order valence-corrected chi connectivity index (χ1v) is 11.2. The Labute approximate surface area is 198 Å². The summed E-state index contributed by atoms with van der Waals surface area (Å²) in [7, 11) is 0. The summed E-state index contributed by atoms with van der Waals surface area (Å²) in [5.74, 6) is 1.01. The van der Waals surface area contributed by atoms with E-state index in [1.165, 1.54) is 5.56 Å². The lowest BCUT2D eigenvalue weighted by Crippen LogP contribution is -2.46. The molecule has 0 saturated carbocycles. The fraction of sp³-hybridized carbons (Fsp3) is 0.208. The fourth-order valence-corrected chi connectivity index (χ4v) is 3.93. The third-order valence-corrected chi connectivity index (χ3v) is 5.89. The molecule has 1 aliphatic heterocycles. The average molecular weight is 465 g/mol. The predicted molar refractivity (Wildman–Crippen MR) is 136 cm³/mol. The van der Waals surface area contributed by atoms with Gasteiger partial charge in [-0.2, -0.15) is 5.10 Å². The van der Waals surface area contributed by atoms with Gasteiger partial charge in [0, 0.05) is 49.5 Å². The highest BCUT2D eigenvalue weighted by Crippen LogP contribution is 2.23. The van der Waals surface area contributed by atoms with Crippen LogP contribution in [0.4, 0.5) is 5.82 Å². The monoisotopic (exact) mass is 464 g/mol. The van der Waals surface area contributed by atoms with E-state index in [2.05, 4.69) is 38.5 Å². The molecule has 164 valence electrons. The Balaban J connectivity index is 1.33. The second-order valence-corrected chi connectivity index (χ2v) is 8.46. The third-order valence-electron chi connectivity index (χ3n) is 5.43. The molecule has 1 aliphatic rings. The molecule has 2 aromatic carbocycles. The molecule has 0 unspecified atom stereocenters. The van der Waals surface area contributed by atoms with Crippen molar-refractivity contribution in [3.63, 3.8) is 0 Å². The maximum absolute atomic E-state index is 6.31. The maximum atomic E-state index is 6.31. The van der Waals surface area contributed by atoms with Crippen LogP contribution in [0.15, 0.2) is 72.0 Å². The van der Waals surface area contributed by atoms with Crippen LogP contribution in [0.5, 0.6) is 0 Å². The molecular formula is C24H25ClN6S. The summed E-state index contributed by atoms with van der Waals surface area (Å²) in [6, 6.07) is 20.4. The number of pyridine rings is 1. The van der Waals surface area contributed by atoms with E-state index >= 15 is 0 Å². The Morgan fingerprint density at radius 2 is 1.75 bits per heavy atom. The molecule has 0 atom stereocenters. The van der Waals surface area contributed by atoms with Gasteiger partial charge in [0.25, 0.3) is 0 Å². The minimum Gasteiger partial charge on any atom is -0.375 e. The highest BCUT2D eigenvalue weighted by Gasteiger charge is 2.18. The topological polar surface area (TPSA) is 69.8 Å². The van der Waals surface area contributed by atoms with Crippen LogP contribution >= 0.6 is 23.8 Å². The number of hydrogen-bond donors (Lipinski definition) is 2. The lowest BCUT2D eigenvalue weighted by atomic mass is 10.1. The van der Waals surface area contributed by atoms with Gasteiger partial charge in [0.15, 0.2) is 5.11 Å². The van der Waals surface area contributed by atoms with Gasteiger partial charge in [-0.25, -0.2) is 4.98 Å². The number of nitrogens with two attached hydrogens (primary N) is 1. The molecule has 0 bridgehead atoms. The summed E-state index contributed by atoms with van der Waals surface area (Å²) in [5.41, 5.74) is 12.2. The molecule has 1 saturated heterocycles. The summed E-state index contributed by atoms with van der Waals surface area (Å²) < 4.78 is 0. The van der Waals surface area contributed by atoms with E-state index in [4.69, 9.17) is 34.5 Å². The van der Waals surface area contributed by atoms with Crippen LogP contribution in [0.1, 0.15) is 11.1 Å². The molecule has 4 rings (SSSR count). The normalized spacial score (nSPS) is 14.6. The quantitative estimate of drug-likeness (QED) is 0.327. The summed E-state index contributed by atoms with van der Waals surface area (Å²) >= 11 is 11.0. The number of benzene rings is 2. The van der Waals surface area contributed by atoms with Gasteiger partial charge in [-0.3, -0.25) is 10.3 Å². The molecule has 0 spiro atoms. The van der Waals surface area contributed by atoms with E-state index in [1.807, 2.05) is 48.7 Å². The standard InChI is InChI=1S/C24H25ClN6S/c25-22-4-2-1-3-21(22)17-30-11-13-31(14-12-30)23-10-9-20(16-27-23)19-7-5-18(6-8-19)15-28-29-24(26)32/h1-10,15-16H,11-14,17H2,(H3,26,29,32)/b28-15+. The number of rotatable bonds is 6. The van der Waals surface area contributed by atoms with Crippen LogP contribution in [-0.4, -0.2) is 47.4 Å². The highest BCUT2D eigenvalue weighted by molar-refractivity contribution is 7.80. The predicted octanol–water partition coefficient (Wildman–Crippen LogP) is 3.89. The van der Waals surface area contributed by atoms with E-state index in [-0.39, 0.29) is 5.11 Å². The number of hydrazone groups is 1. The molecule has 8 heteroatoms. The maximum Gasteiger partial charge on any atom is 0.184 e. The minimum absolute atomic E-state index is 0.144. The Hall–Kier alpha value is -3.00. The first kappa shape index (κ1) is 22.2. The fourth-order valence-electron chi connectivity index (χ4n) is 3.68. The van der Waals surface area contributed by atoms with Crippen molar-refractivity contribution in [2.24, 2.45) is 10.8 Å². The zero-order chi connectivity index (χ0) is 22.3. The molecule has 0 amide bonds. The molecule has 0 radical (unpaired) electrons. The number of thiocarbonyl (C=S) groups is 1. The summed E-state index contributed by atoms with van der Waals surface area (Å²) in [6.07, 6.45) is 3.61. The Morgan fingerprint density at radius 3 is 2.41 bits per heavy atom. The van der Waals surface area contributed by atoms with Gasteiger partial charge >= 0.3 is 0 Å². The van der Waals surface area contributed by atoms with Crippen LogP contribution in [-0.2, 0) is 6.54 Å². The van der Waals surface area contributed by atoms with E-state index in [0.717, 1.165) is 60.3 Å². The molecule has 2 heterocycles. The number of piperazine rings is 1. The number of aromatic nitrogens is 1. The third kappa shape index (κ3) is 5.82. The summed E-state index contributed by atoms with van der Waals surface area (Å²) in [6.45, 7) is 4.76. The number of nitrogens with zero attached hydrogens (tertiary/aromatic N) is 4. The van der Waals surface area contributed by atoms with Gasteiger partial charge in [0.05, 0.1) is 6.21 Å². The highest BCUT2D eigenvalue weighted by atomic mass is 35.5. The van der Waals surface area contributed by atoms with Gasteiger partial charge in [-0.05, 0) is 47.1 Å². The molecule has 3 N–H and O–H groups in total. The van der Waals surface area contributed by atoms with Crippen molar-refractivity contribution in [2.75, 3.05) is 31.1 Å². The first-order chi connectivity index (χ1) is 15.6. The zero-order valence-corrected chi connectivity index (χ0v) is 19.2. The Kier molecular flexibility index (Phi) is 7.32. The first-order valence-electron chi connectivity index (χ1n) is 10.4.